The molecule has 0 saturated carbocycles. The summed E-state index contributed by atoms with van der Waals surface area (Å²) < 4.78 is 0. The van der Waals surface area contributed by atoms with Crippen molar-refractivity contribution in [3.63, 3.8) is 0 Å². The van der Waals surface area contributed by atoms with Crippen LogP contribution in [-0.4, -0.2) is 52.7 Å². The highest BCUT2D eigenvalue weighted by Crippen LogP contribution is 2.37. The third-order valence-electron chi connectivity index (χ3n) is 11.7. The first-order chi connectivity index (χ1) is 32.1. The lowest BCUT2D eigenvalue weighted by Gasteiger charge is -2.20. The molecule has 7 aromatic carbocycles. The summed E-state index contributed by atoms with van der Waals surface area (Å²) in [6.07, 6.45) is 0.291. The molecule has 10 nitrogen and oxygen atoms in total. The Hall–Kier alpha value is -9.25. The first-order valence-corrected chi connectivity index (χ1v) is 21.0. The van der Waals surface area contributed by atoms with Crippen molar-refractivity contribution in [1.82, 2.24) is 4.90 Å². The molecule has 0 aromatic heterocycles. The molecule has 0 saturated heterocycles. The quantitative estimate of drug-likeness (QED) is 0.0893. The number of ketones is 1. The van der Waals surface area contributed by atoms with Crippen molar-refractivity contribution in [2.45, 2.75) is 13.3 Å². The van der Waals surface area contributed by atoms with E-state index in [2.05, 4.69) is 23.7 Å². The minimum atomic E-state index is -0.675. The Kier molecular flexibility index (Phi) is 10.2. The number of rotatable bonds is 7. The van der Waals surface area contributed by atoms with E-state index >= 15 is 0 Å². The molecule has 7 aromatic rings. The summed E-state index contributed by atoms with van der Waals surface area (Å²) in [6, 6.07) is 44.2. The SMILES string of the molecule is CCN1C(=O)c2ccc(Cc3ccc4c(c3)C(=O)N(c3cc(C(=O)c5ccc(C#Cc6ccccc6)cc5)cc(N5C(=O)c6ccc(C#Cc7ccccc7)cc6C5=O)c3)C4=O)cc2C1=O. The Balaban J connectivity index is 0.992. The van der Waals surface area contributed by atoms with Gasteiger partial charge >= 0.3 is 0 Å². The lowest BCUT2D eigenvalue weighted by molar-refractivity contribution is 0.0661. The zero-order valence-electron chi connectivity index (χ0n) is 35.1. The van der Waals surface area contributed by atoms with Crippen molar-refractivity contribution in [1.29, 1.82) is 0 Å². The highest BCUT2D eigenvalue weighted by molar-refractivity contribution is 6.36. The highest BCUT2D eigenvalue weighted by atomic mass is 16.2. The normalized spacial score (nSPS) is 13.6. The number of nitrogens with zero attached hydrogens (tertiary/aromatic N) is 3. The maximum absolute atomic E-state index is 14.4. The van der Waals surface area contributed by atoms with E-state index in [4.69, 9.17) is 0 Å². The van der Waals surface area contributed by atoms with Crippen molar-refractivity contribution < 1.29 is 33.6 Å². The smallest absolute Gasteiger partial charge is 0.266 e. The Labute approximate surface area is 378 Å². The van der Waals surface area contributed by atoms with Crippen LogP contribution < -0.4 is 9.80 Å². The Morgan fingerprint density at radius 1 is 0.394 bits per heavy atom. The molecule has 0 aliphatic carbocycles. The van der Waals surface area contributed by atoms with Gasteiger partial charge in [-0.3, -0.25) is 38.5 Å². The van der Waals surface area contributed by atoms with Gasteiger partial charge < -0.3 is 0 Å². The van der Waals surface area contributed by atoms with E-state index in [1.54, 1.807) is 79.7 Å². The zero-order valence-corrected chi connectivity index (χ0v) is 35.1. The summed E-state index contributed by atoms with van der Waals surface area (Å²) in [4.78, 5) is 99.9. The Bertz CT molecular complexity index is 3430. The Morgan fingerprint density at radius 2 is 0.803 bits per heavy atom. The van der Waals surface area contributed by atoms with Gasteiger partial charge in [0.2, 0.25) is 0 Å². The second-order valence-electron chi connectivity index (χ2n) is 15.8. The third-order valence-corrected chi connectivity index (χ3v) is 11.7. The topological polar surface area (TPSA) is 129 Å². The molecule has 3 aliphatic rings. The van der Waals surface area contributed by atoms with Crippen LogP contribution in [0.1, 0.15) is 118 Å². The van der Waals surface area contributed by atoms with Gasteiger partial charge in [-0.2, -0.15) is 0 Å². The van der Waals surface area contributed by atoms with Crippen LogP contribution in [0, 0.1) is 23.7 Å². The van der Waals surface area contributed by atoms with Crippen molar-refractivity contribution in [3.8, 4) is 23.7 Å². The lowest BCUT2D eigenvalue weighted by atomic mass is 9.98. The number of carbonyl (C=O) groups is 7. The molecule has 0 N–H and O–H groups in total. The first-order valence-electron chi connectivity index (χ1n) is 21.0. The van der Waals surface area contributed by atoms with Crippen molar-refractivity contribution >= 4 is 52.6 Å². The summed E-state index contributed by atoms with van der Waals surface area (Å²) in [5.74, 6) is 8.43. The molecule has 66 heavy (non-hydrogen) atoms. The molecule has 0 bridgehead atoms. The molecule has 6 amide bonds. The fraction of sp³-hybridized carbons (Fsp3) is 0.0536. The van der Waals surface area contributed by atoms with E-state index in [-0.39, 0.29) is 63.1 Å². The summed E-state index contributed by atoms with van der Waals surface area (Å²) in [7, 11) is 0. The molecule has 0 radical (unpaired) electrons. The van der Waals surface area contributed by atoms with Gasteiger partial charge in [-0.15, -0.1) is 0 Å². The van der Waals surface area contributed by atoms with Crippen LogP contribution in [0.2, 0.25) is 0 Å². The van der Waals surface area contributed by atoms with E-state index < -0.39 is 29.4 Å². The molecule has 0 spiro atoms. The number of benzene rings is 7. The monoisotopic (exact) mass is 859 g/mol. The molecular weight excluding hydrogens is 827 g/mol. The predicted molar refractivity (Wildman–Crippen MR) is 247 cm³/mol. The van der Waals surface area contributed by atoms with Crippen LogP contribution >= 0.6 is 0 Å². The zero-order chi connectivity index (χ0) is 45.6. The molecule has 10 rings (SSSR count). The molecule has 3 heterocycles. The summed E-state index contributed by atoms with van der Waals surface area (Å²) in [6.45, 7) is 1.98. The third kappa shape index (κ3) is 7.25. The van der Waals surface area contributed by atoms with E-state index in [1.165, 1.54) is 29.2 Å². The number of anilines is 2. The van der Waals surface area contributed by atoms with Gasteiger partial charge in [0.05, 0.1) is 44.8 Å². The molecule has 0 fully saturated rings. The van der Waals surface area contributed by atoms with Crippen LogP contribution in [0.15, 0.2) is 158 Å². The number of imide groups is 3. The number of hydrogen-bond donors (Lipinski definition) is 0. The molecule has 0 unspecified atom stereocenters. The largest absolute Gasteiger partial charge is 0.289 e. The maximum atomic E-state index is 14.4. The summed E-state index contributed by atoms with van der Waals surface area (Å²) in [5, 5.41) is 0. The van der Waals surface area contributed by atoms with Crippen molar-refractivity contribution in [3.05, 3.63) is 236 Å². The number of hydrogen-bond acceptors (Lipinski definition) is 7. The second kappa shape index (κ2) is 16.5. The summed E-state index contributed by atoms with van der Waals surface area (Å²) in [5.41, 5.74) is 5.51. The molecule has 314 valence electrons. The van der Waals surface area contributed by atoms with E-state index in [0.717, 1.165) is 26.5 Å². The van der Waals surface area contributed by atoms with Gasteiger partial charge in [-0.1, -0.05) is 72.2 Å². The minimum Gasteiger partial charge on any atom is -0.289 e. The van der Waals surface area contributed by atoms with Crippen LogP contribution in [0.25, 0.3) is 0 Å². The van der Waals surface area contributed by atoms with Gasteiger partial charge in [0, 0.05) is 39.9 Å². The predicted octanol–water partition coefficient (Wildman–Crippen LogP) is 8.53. The van der Waals surface area contributed by atoms with Crippen molar-refractivity contribution in [2.75, 3.05) is 16.3 Å². The highest BCUT2D eigenvalue weighted by Gasteiger charge is 2.41. The van der Waals surface area contributed by atoms with Gasteiger partial charge in [0.15, 0.2) is 5.78 Å². The average Bonchev–Trinajstić information content (AvgIpc) is 3.86. The second-order valence-corrected chi connectivity index (χ2v) is 15.8. The van der Waals surface area contributed by atoms with Crippen molar-refractivity contribution in [2.24, 2.45) is 0 Å². The number of amides is 6. The van der Waals surface area contributed by atoms with Crippen LogP contribution in [-0.2, 0) is 6.42 Å². The molecule has 3 aliphatic heterocycles. The average molecular weight is 860 g/mol. The molecule has 0 atom stereocenters. The van der Waals surface area contributed by atoms with Crippen LogP contribution in [0.3, 0.4) is 0 Å². The van der Waals surface area contributed by atoms with E-state index in [1.807, 2.05) is 60.7 Å². The fourth-order valence-corrected chi connectivity index (χ4v) is 8.34. The van der Waals surface area contributed by atoms with E-state index in [9.17, 15) is 33.6 Å². The fourth-order valence-electron chi connectivity index (χ4n) is 8.34. The standard InChI is InChI=1S/C56H33N3O7/c1-2-57-51(61)44-25-20-38(29-47(44)52(57)62)27-39-21-26-46-49(30-39)56(66)59(54(46)64)43-32-41(50(60)40-22-17-36(18-23-40)14-13-34-9-5-3-6-10-34)31-42(33-43)58-53(63)45-24-19-37(28-48(45)55(58)65)16-15-35-11-7-4-8-12-35/h3-12,17-26,28-33H,2,27H2,1H3. The first kappa shape index (κ1) is 40.8. The van der Waals surface area contributed by atoms with Gasteiger partial charge in [0.25, 0.3) is 35.4 Å². The maximum Gasteiger partial charge on any atom is 0.266 e. The van der Waals surface area contributed by atoms with Crippen LogP contribution in [0.4, 0.5) is 11.4 Å². The molecular formula is C56H33N3O7. The Morgan fingerprint density at radius 3 is 1.33 bits per heavy atom. The minimum absolute atomic E-state index is 0.0140. The van der Waals surface area contributed by atoms with Gasteiger partial charge in [-0.05, 0) is 134 Å². The lowest BCUT2D eigenvalue weighted by Crippen LogP contribution is -2.32. The molecule has 10 heteroatoms. The summed E-state index contributed by atoms with van der Waals surface area (Å²) >= 11 is 0. The van der Waals surface area contributed by atoms with Gasteiger partial charge in [-0.25, -0.2) is 9.80 Å². The number of fused-ring (bicyclic) bond motifs is 3. The van der Waals surface area contributed by atoms with Gasteiger partial charge in [0.1, 0.15) is 0 Å². The number of carbonyl (C=O) groups excluding carboxylic acids is 7. The van der Waals surface area contributed by atoms with E-state index in [0.29, 0.717) is 34.2 Å². The van der Waals surface area contributed by atoms with Crippen LogP contribution in [0.5, 0.6) is 0 Å².